The lowest BCUT2D eigenvalue weighted by atomic mass is 9.99. The minimum absolute atomic E-state index is 0.0120. The maximum atomic E-state index is 12.9. The van der Waals surface area contributed by atoms with Crippen molar-refractivity contribution in [3.8, 4) is 0 Å². The zero-order chi connectivity index (χ0) is 19.3. The number of hydrogen-bond acceptors (Lipinski definition) is 7. The van der Waals surface area contributed by atoms with Crippen molar-refractivity contribution in [1.29, 1.82) is 0 Å². The van der Waals surface area contributed by atoms with Gasteiger partial charge in [-0.25, -0.2) is 4.68 Å². The van der Waals surface area contributed by atoms with E-state index in [0.29, 0.717) is 26.2 Å². The molecule has 1 atom stereocenters. The molecule has 0 spiro atoms. The lowest BCUT2D eigenvalue weighted by molar-refractivity contribution is -0.140. The van der Waals surface area contributed by atoms with Crippen LogP contribution in [0, 0.1) is 5.92 Å². The van der Waals surface area contributed by atoms with Crippen molar-refractivity contribution in [2.45, 2.75) is 39.0 Å². The highest BCUT2D eigenvalue weighted by molar-refractivity contribution is 5.76. The van der Waals surface area contributed by atoms with Gasteiger partial charge in [0.2, 0.25) is 5.91 Å². The van der Waals surface area contributed by atoms with Gasteiger partial charge in [-0.05, 0) is 48.3 Å². The SMILES string of the molecule is CC1CCN(Cc2nnnn2CC(=O)N2CCO[C@H](c3cccnc3)C2)CC1. The maximum Gasteiger partial charge on any atom is 0.244 e. The highest BCUT2D eigenvalue weighted by atomic mass is 16.5. The number of carbonyl (C=O) groups is 1. The molecule has 0 bridgehead atoms. The number of nitrogens with zero attached hydrogens (tertiary/aromatic N) is 7. The third-order valence-corrected chi connectivity index (χ3v) is 5.61. The lowest BCUT2D eigenvalue weighted by Crippen LogP contribution is -2.44. The molecule has 0 unspecified atom stereocenters. The van der Waals surface area contributed by atoms with E-state index in [0.717, 1.165) is 30.4 Å². The Hall–Kier alpha value is -2.39. The van der Waals surface area contributed by atoms with Crippen LogP contribution < -0.4 is 0 Å². The van der Waals surface area contributed by atoms with Crippen molar-refractivity contribution in [2.75, 3.05) is 32.8 Å². The summed E-state index contributed by atoms with van der Waals surface area (Å²) in [6.45, 7) is 6.86. The van der Waals surface area contributed by atoms with Gasteiger partial charge in [-0.15, -0.1) is 5.10 Å². The molecule has 9 nitrogen and oxygen atoms in total. The fourth-order valence-corrected chi connectivity index (χ4v) is 3.75. The largest absolute Gasteiger partial charge is 0.370 e. The molecule has 2 aromatic heterocycles. The number of amides is 1. The van der Waals surface area contributed by atoms with Gasteiger partial charge in [0.05, 0.1) is 19.7 Å². The summed E-state index contributed by atoms with van der Waals surface area (Å²) >= 11 is 0. The summed E-state index contributed by atoms with van der Waals surface area (Å²) in [6.07, 6.45) is 5.78. The van der Waals surface area contributed by atoms with Gasteiger partial charge in [-0.2, -0.15) is 0 Å². The average molecular weight is 385 g/mol. The second kappa shape index (κ2) is 8.74. The van der Waals surface area contributed by atoms with E-state index in [9.17, 15) is 4.79 Å². The van der Waals surface area contributed by atoms with E-state index in [4.69, 9.17) is 4.74 Å². The topological polar surface area (TPSA) is 89.3 Å². The van der Waals surface area contributed by atoms with Crippen molar-refractivity contribution >= 4 is 5.91 Å². The van der Waals surface area contributed by atoms with E-state index in [2.05, 4.69) is 32.3 Å². The summed E-state index contributed by atoms with van der Waals surface area (Å²) in [4.78, 5) is 21.2. The van der Waals surface area contributed by atoms with E-state index < -0.39 is 0 Å². The van der Waals surface area contributed by atoms with Crippen LogP contribution in [0.1, 0.15) is 37.3 Å². The third-order valence-electron chi connectivity index (χ3n) is 5.61. The number of tetrazole rings is 1. The molecule has 0 aliphatic carbocycles. The first-order valence-corrected chi connectivity index (χ1v) is 9.95. The van der Waals surface area contributed by atoms with Gasteiger partial charge >= 0.3 is 0 Å². The molecule has 2 aromatic rings. The molecule has 0 radical (unpaired) electrons. The smallest absolute Gasteiger partial charge is 0.244 e. The molecular formula is C19H27N7O2. The van der Waals surface area contributed by atoms with Gasteiger partial charge in [-0.3, -0.25) is 14.7 Å². The molecule has 2 aliphatic heterocycles. The van der Waals surface area contributed by atoms with Crippen molar-refractivity contribution in [3.05, 3.63) is 35.9 Å². The summed E-state index contributed by atoms with van der Waals surface area (Å²) in [5.41, 5.74) is 0.988. The van der Waals surface area contributed by atoms with Crippen LogP contribution in [0.3, 0.4) is 0 Å². The predicted octanol–water partition coefficient (Wildman–Crippen LogP) is 0.900. The highest BCUT2D eigenvalue weighted by Gasteiger charge is 2.27. The minimum atomic E-state index is -0.143. The summed E-state index contributed by atoms with van der Waals surface area (Å²) in [5, 5.41) is 12.0. The van der Waals surface area contributed by atoms with Gasteiger partial charge in [0.1, 0.15) is 12.6 Å². The van der Waals surface area contributed by atoms with Crippen molar-refractivity contribution in [2.24, 2.45) is 5.92 Å². The molecule has 0 N–H and O–H groups in total. The maximum absolute atomic E-state index is 12.9. The van der Waals surface area contributed by atoms with Crippen LogP contribution >= 0.6 is 0 Å². The molecule has 4 heterocycles. The van der Waals surface area contributed by atoms with Crippen LogP contribution in [0.15, 0.2) is 24.5 Å². The summed E-state index contributed by atoms with van der Waals surface area (Å²) < 4.78 is 7.46. The average Bonchev–Trinajstić information content (AvgIpc) is 3.17. The zero-order valence-corrected chi connectivity index (χ0v) is 16.3. The van der Waals surface area contributed by atoms with Crippen molar-refractivity contribution in [3.63, 3.8) is 0 Å². The molecule has 28 heavy (non-hydrogen) atoms. The standard InChI is InChI=1S/C19H27N7O2/c1-15-4-7-24(8-5-15)13-18-21-22-23-26(18)14-19(27)25-9-10-28-17(12-25)16-3-2-6-20-11-16/h2-3,6,11,15,17H,4-5,7-10,12-14H2,1H3/t17-/m0/s1. The number of rotatable bonds is 5. The Kier molecular flexibility index (Phi) is 5.92. The van der Waals surface area contributed by atoms with Crippen LogP contribution in [0.2, 0.25) is 0 Å². The highest BCUT2D eigenvalue weighted by Crippen LogP contribution is 2.22. The van der Waals surface area contributed by atoms with E-state index >= 15 is 0 Å². The molecule has 4 rings (SSSR count). The Morgan fingerprint density at radius 2 is 2.14 bits per heavy atom. The number of pyridine rings is 1. The fourth-order valence-electron chi connectivity index (χ4n) is 3.75. The Balaban J connectivity index is 1.35. The summed E-state index contributed by atoms with van der Waals surface area (Å²) in [6, 6.07) is 3.86. The lowest BCUT2D eigenvalue weighted by Gasteiger charge is -2.33. The Morgan fingerprint density at radius 3 is 2.93 bits per heavy atom. The molecular weight excluding hydrogens is 358 g/mol. The van der Waals surface area contributed by atoms with Crippen molar-refractivity contribution < 1.29 is 9.53 Å². The van der Waals surface area contributed by atoms with Crippen LogP contribution in [0.5, 0.6) is 0 Å². The van der Waals surface area contributed by atoms with E-state index in [1.54, 1.807) is 17.1 Å². The first-order valence-electron chi connectivity index (χ1n) is 9.95. The van der Waals surface area contributed by atoms with Crippen LogP contribution in [0.4, 0.5) is 0 Å². The predicted molar refractivity (Wildman–Crippen MR) is 101 cm³/mol. The zero-order valence-electron chi connectivity index (χ0n) is 16.3. The Morgan fingerprint density at radius 1 is 1.29 bits per heavy atom. The van der Waals surface area contributed by atoms with Gasteiger partial charge in [-0.1, -0.05) is 13.0 Å². The normalized spacial score (nSPS) is 21.8. The van der Waals surface area contributed by atoms with Gasteiger partial charge in [0.25, 0.3) is 0 Å². The number of likely N-dealkylation sites (tertiary alicyclic amines) is 1. The first-order chi connectivity index (χ1) is 13.7. The first kappa shape index (κ1) is 18.9. The molecule has 2 aliphatic rings. The molecule has 2 fully saturated rings. The number of carbonyl (C=O) groups excluding carboxylic acids is 1. The van der Waals surface area contributed by atoms with E-state index in [1.807, 2.05) is 17.0 Å². The quantitative estimate of drug-likeness (QED) is 0.755. The van der Waals surface area contributed by atoms with Gasteiger partial charge in [0.15, 0.2) is 5.82 Å². The monoisotopic (exact) mass is 385 g/mol. The van der Waals surface area contributed by atoms with Crippen LogP contribution in [-0.2, 0) is 22.6 Å². The number of hydrogen-bond donors (Lipinski definition) is 0. The van der Waals surface area contributed by atoms with Gasteiger partial charge in [0, 0.05) is 24.5 Å². The van der Waals surface area contributed by atoms with E-state index in [1.165, 1.54) is 12.8 Å². The van der Waals surface area contributed by atoms with Crippen molar-refractivity contribution in [1.82, 2.24) is 35.0 Å². The number of ether oxygens (including phenoxy) is 1. The molecule has 0 saturated carbocycles. The number of morpholine rings is 1. The molecule has 150 valence electrons. The fraction of sp³-hybridized carbons (Fsp3) is 0.632. The Labute approximate surface area is 164 Å². The van der Waals surface area contributed by atoms with Crippen LogP contribution in [0.25, 0.3) is 0 Å². The number of aromatic nitrogens is 5. The third kappa shape index (κ3) is 4.53. The van der Waals surface area contributed by atoms with Crippen LogP contribution in [-0.4, -0.2) is 73.7 Å². The van der Waals surface area contributed by atoms with E-state index in [-0.39, 0.29) is 18.6 Å². The molecule has 0 aromatic carbocycles. The second-order valence-electron chi connectivity index (χ2n) is 7.70. The summed E-state index contributed by atoms with van der Waals surface area (Å²) in [7, 11) is 0. The summed E-state index contributed by atoms with van der Waals surface area (Å²) in [5.74, 6) is 1.54. The molecule has 2 saturated heterocycles. The Bertz CT molecular complexity index is 774. The number of piperidine rings is 1. The molecule has 9 heteroatoms. The molecule has 1 amide bonds. The van der Waals surface area contributed by atoms with Gasteiger partial charge < -0.3 is 9.64 Å². The second-order valence-corrected chi connectivity index (χ2v) is 7.70. The minimum Gasteiger partial charge on any atom is -0.370 e.